The van der Waals surface area contributed by atoms with Crippen LogP contribution in [0.25, 0.3) is 0 Å². The van der Waals surface area contributed by atoms with Crippen molar-refractivity contribution >= 4 is 40.8 Å². The lowest BCUT2D eigenvalue weighted by molar-refractivity contribution is -0.384. The van der Waals surface area contributed by atoms with E-state index in [1.165, 1.54) is 18.2 Å². The highest BCUT2D eigenvalue weighted by atomic mass is 35.5. The van der Waals surface area contributed by atoms with Crippen molar-refractivity contribution in [1.82, 2.24) is 9.80 Å². The number of rotatable bonds is 4. The average Bonchev–Trinajstić information content (AvgIpc) is 2.93. The third-order valence-corrected chi connectivity index (χ3v) is 5.28. The molecular weight excluding hydrogens is 340 g/mol. The van der Waals surface area contributed by atoms with Gasteiger partial charge in [0.05, 0.1) is 15.6 Å². The highest BCUT2D eigenvalue weighted by molar-refractivity contribution is 7.99. The number of anilines is 1. The zero-order chi connectivity index (χ0) is 17.1. The summed E-state index contributed by atoms with van der Waals surface area (Å²) >= 11 is 7.75. The number of hydrogen-bond acceptors (Lipinski definition) is 5. The second-order valence-electron chi connectivity index (χ2n) is 5.56. The van der Waals surface area contributed by atoms with Gasteiger partial charge in [0.25, 0.3) is 5.69 Å². The molecule has 9 heteroatoms. The van der Waals surface area contributed by atoms with Gasteiger partial charge in [-0.2, -0.15) is 11.8 Å². The molecule has 2 amide bonds. The summed E-state index contributed by atoms with van der Waals surface area (Å²) in [5, 5.41) is 13.9. The monoisotopic (exact) mass is 358 g/mol. The molecule has 0 aromatic heterocycles. The first kappa shape index (κ1) is 17.8. The van der Waals surface area contributed by atoms with E-state index in [4.69, 9.17) is 11.6 Å². The van der Waals surface area contributed by atoms with Gasteiger partial charge in [0, 0.05) is 36.5 Å². The number of carbonyl (C=O) groups is 1. The van der Waals surface area contributed by atoms with Gasteiger partial charge >= 0.3 is 6.03 Å². The van der Waals surface area contributed by atoms with Gasteiger partial charge < -0.3 is 15.1 Å². The second kappa shape index (κ2) is 7.37. The van der Waals surface area contributed by atoms with E-state index >= 15 is 0 Å². The zero-order valence-corrected chi connectivity index (χ0v) is 14.7. The number of nitro groups is 1. The third-order valence-electron chi connectivity index (χ3n) is 3.90. The Morgan fingerprint density at radius 1 is 1.48 bits per heavy atom. The molecule has 1 N–H and O–H groups in total. The molecule has 0 spiro atoms. The molecule has 0 saturated carbocycles. The lowest BCUT2D eigenvalue weighted by atomic mass is 10.2. The van der Waals surface area contributed by atoms with Crippen LogP contribution in [0.5, 0.6) is 0 Å². The summed E-state index contributed by atoms with van der Waals surface area (Å²) in [7, 11) is 4.00. The Bertz CT molecular complexity index is 614. The van der Waals surface area contributed by atoms with Crippen molar-refractivity contribution < 1.29 is 9.72 Å². The van der Waals surface area contributed by atoms with Crippen LogP contribution < -0.4 is 5.32 Å². The van der Waals surface area contributed by atoms with Crippen molar-refractivity contribution in [2.45, 2.75) is 11.3 Å². The van der Waals surface area contributed by atoms with Crippen molar-refractivity contribution in [2.24, 2.45) is 0 Å². The van der Waals surface area contributed by atoms with Crippen LogP contribution in [0.4, 0.5) is 16.2 Å². The Morgan fingerprint density at radius 2 is 2.17 bits per heavy atom. The number of likely N-dealkylation sites (tertiary alicyclic amines) is 1. The summed E-state index contributed by atoms with van der Waals surface area (Å²) in [6.45, 7) is 1.29. The number of nitro benzene ring substituents is 1. The van der Waals surface area contributed by atoms with Gasteiger partial charge in [-0.3, -0.25) is 10.1 Å². The van der Waals surface area contributed by atoms with E-state index in [1.54, 1.807) is 16.7 Å². The number of nitrogens with zero attached hydrogens (tertiary/aromatic N) is 3. The highest BCUT2D eigenvalue weighted by Gasteiger charge is 2.36. The van der Waals surface area contributed by atoms with Gasteiger partial charge in [0.2, 0.25) is 0 Å². The van der Waals surface area contributed by atoms with Crippen LogP contribution in [-0.4, -0.2) is 65.5 Å². The average molecular weight is 359 g/mol. The van der Waals surface area contributed by atoms with E-state index in [2.05, 4.69) is 10.2 Å². The number of likely N-dealkylation sites (N-methyl/N-ethyl adjacent to an activating group) is 1. The summed E-state index contributed by atoms with van der Waals surface area (Å²) < 4.78 is 0. The minimum absolute atomic E-state index is 0.107. The summed E-state index contributed by atoms with van der Waals surface area (Å²) in [5.74, 6) is 0. The molecule has 1 saturated heterocycles. The Labute approximate surface area is 144 Å². The number of hydrogen-bond donors (Lipinski definition) is 1. The maximum Gasteiger partial charge on any atom is 0.321 e. The standard InChI is InChI=1S/C14H19ClN4O3S/c1-17(2)12-7-18(8-13(12)23-3)14(20)16-11-5-4-9(19(21)22)6-10(11)15/h4-6,12-13H,7-8H2,1-3H3,(H,16,20). The Kier molecular flexibility index (Phi) is 5.72. The normalized spacial score (nSPS) is 20.8. The maximum atomic E-state index is 12.4. The summed E-state index contributed by atoms with van der Waals surface area (Å²) in [4.78, 5) is 26.5. The molecule has 7 nitrogen and oxygen atoms in total. The Balaban J connectivity index is 2.07. The molecule has 2 unspecified atom stereocenters. The molecule has 0 bridgehead atoms. The van der Waals surface area contributed by atoms with Gasteiger partial charge in [-0.15, -0.1) is 0 Å². The van der Waals surface area contributed by atoms with E-state index in [1.807, 2.05) is 20.4 Å². The summed E-state index contributed by atoms with van der Waals surface area (Å²) in [6.07, 6.45) is 2.04. The number of non-ortho nitro benzene ring substituents is 1. The summed E-state index contributed by atoms with van der Waals surface area (Å²) in [5.41, 5.74) is 0.264. The topological polar surface area (TPSA) is 78.7 Å². The lowest BCUT2D eigenvalue weighted by Gasteiger charge is -2.23. The van der Waals surface area contributed by atoms with E-state index in [-0.39, 0.29) is 16.7 Å². The second-order valence-corrected chi connectivity index (χ2v) is 7.05. The first-order valence-corrected chi connectivity index (χ1v) is 8.69. The quantitative estimate of drug-likeness (QED) is 0.661. The van der Waals surface area contributed by atoms with Crippen molar-refractivity contribution in [2.75, 3.05) is 38.8 Å². The van der Waals surface area contributed by atoms with E-state index in [0.29, 0.717) is 30.1 Å². The third kappa shape index (κ3) is 4.07. The molecule has 0 radical (unpaired) electrons. The van der Waals surface area contributed by atoms with Crippen LogP contribution in [0.2, 0.25) is 5.02 Å². The molecule has 1 aliphatic heterocycles. The van der Waals surface area contributed by atoms with Gasteiger partial charge in [-0.05, 0) is 26.4 Å². The first-order valence-electron chi connectivity index (χ1n) is 7.02. The van der Waals surface area contributed by atoms with Gasteiger partial charge in [-0.1, -0.05) is 11.6 Å². The molecule has 1 aromatic rings. The zero-order valence-electron chi connectivity index (χ0n) is 13.2. The Hall–Kier alpha value is -1.51. The number of amides is 2. The predicted octanol–water partition coefficient (Wildman–Crippen LogP) is 2.76. The van der Waals surface area contributed by atoms with Crippen molar-refractivity contribution in [3.05, 3.63) is 33.3 Å². The van der Waals surface area contributed by atoms with Crippen LogP contribution >= 0.6 is 23.4 Å². The van der Waals surface area contributed by atoms with Gasteiger partial charge in [-0.25, -0.2) is 4.79 Å². The largest absolute Gasteiger partial charge is 0.322 e. The fraction of sp³-hybridized carbons (Fsp3) is 0.500. The number of carbonyl (C=O) groups excluding carboxylic acids is 1. The van der Waals surface area contributed by atoms with Crippen molar-refractivity contribution in [1.29, 1.82) is 0 Å². The molecule has 1 aromatic carbocycles. The number of nitrogens with one attached hydrogen (secondary N) is 1. The Morgan fingerprint density at radius 3 is 2.65 bits per heavy atom. The highest BCUT2D eigenvalue weighted by Crippen LogP contribution is 2.28. The smallest absolute Gasteiger partial charge is 0.321 e. The molecule has 0 aliphatic carbocycles. The molecule has 2 rings (SSSR count). The van der Waals surface area contributed by atoms with Crippen LogP contribution in [0.1, 0.15) is 0 Å². The van der Waals surface area contributed by atoms with Gasteiger partial charge in [0.15, 0.2) is 0 Å². The number of benzene rings is 1. The molecule has 23 heavy (non-hydrogen) atoms. The summed E-state index contributed by atoms with van der Waals surface area (Å²) in [6, 6.07) is 4.05. The van der Waals surface area contributed by atoms with E-state index in [9.17, 15) is 14.9 Å². The van der Waals surface area contributed by atoms with Crippen LogP contribution in [0.3, 0.4) is 0 Å². The van der Waals surface area contributed by atoms with Crippen LogP contribution in [-0.2, 0) is 0 Å². The van der Waals surface area contributed by atoms with E-state index < -0.39 is 4.92 Å². The molecule has 2 atom stereocenters. The number of halogens is 1. The SMILES string of the molecule is CSC1CN(C(=O)Nc2ccc([N+](=O)[O-])cc2Cl)CC1N(C)C. The molecule has 126 valence electrons. The molecule has 1 fully saturated rings. The van der Waals surface area contributed by atoms with Gasteiger partial charge in [0.1, 0.15) is 0 Å². The number of thioether (sulfide) groups is 1. The lowest BCUT2D eigenvalue weighted by Crippen LogP contribution is -2.38. The predicted molar refractivity (Wildman–Crippen MR) is 93.5 cm³/mol. The maximum absolute atomic E-state index is 12.4. The van der Waals surface area contributed by atoms with Crippen molar-refractivity contribution in [3.63, 3.8) is 0 Å². The molecule has 1 aliphatic rings. The fourth-order valence-electron chi connectivity index (χ4n) is 2.56. The molecular formula is C14H19ClN4O3S. The minimum atomic E-state index is -0.525. The number of urea groups is 1. The fourth-order valence-corrected chi connectivity index (χ4v) is 3.76. The van der Waals surface area contributed by atoms with Crippen LogP contribution in [0.15, 0.2) is 18.2 Å². The first-order chi connectivity index (χ1) is 10.8. The van der Waals surface area contributed by atoms with E-state index in [0.717, 1.165) is 0 Å². The minimum Gasteiger partial charge on any atom is -0.322 e. The van der Waals surface area contributed by atoms with Crippen molar-refractivity contribution in [3.8, 4) is 0 Å². The van der Waals surface area contributed by atoms with Crippen LogP contribution in [0, 0.1) is 10.1 Å². The molecule has 1 heterocycles.